The van der Waals surface area contributed by atoms with Gasteiger partial charge in [0.1, 0.15) is 0 Å². The van der Waals surface area contributed by atoms with Crippen LogP contribution in [0.15, 0.2) is 0 Å². The third-order valence-electron chi connectivity index (χ3n) is 5.50. The van der Waals surface area contributed by atoms with Crippen molar-refractivity contribution < 1.29 is 4.74 Å². The highest BCUT2D eigenvalue weighted by atomic mass is 16.5. The minimum Gasteiger partial charge on any atom is -0.370 e. The van der Waals surface area contributed by atoms with Gasteiger partial charge < -0.3 is 15.4 Å². The van der Waals surface area contributed by atoms with E-state index in [9.17, 15) is 0 Å². The van der Waals surface area contributed by atoms with Crippen LogP contribution in [0.25, 0.3) is 0 Å². The van der Waals surface area contributed by atoms with E-state index in [1.54, 1.807) is 0 Å². The molecule has 0 radical (unpaired) electrons. The molecule has 0 aromatic carbocycles. The second-order valence-electron chi connectivity index (χ2n) is 7.03. The topological polar surface area (TPSA) is 38.5 Å². The molecule has 3 fully saturated rings. The smallest absolute Gasteiger partial charge is 0.0710 e. The number of piperidine rings is 1. The summed E-state index contributed by atoms with van der Waals surface area (Å²) >= 11 is 0. The summed E-state index contributed by atoms with van der Waals surface area (Å²) in [5.74, 6) is 0.721. The number of likely N-dealkylation sites (tertiary alicyclic amines) is 1. The van der Waals surface area contributed by atoms with Gasteiger partial charge in [-0.25, -0.2) is 0 Å². The number of hydrogen-bond acceptors (Lipinski definition) is 3. The maximum atomic E-state index is 6.49. The minimum atomic E-state index is 0.284. The number of hydrogen-bond donors (Lipinski definition) is 1. The molecule has 2 aliphatic heterocycles. The van der Waals surface area contributed by atoms with Gasteiger partial charge in [0.25, 0.3) is 0 Å². The van der Waals surface area contributed by atoms with Crippen LogP contribution in [-0.2, 0) is 4.74 Å². The highest BCUT2D eigenvalue weighted by molar-refractivity contribution is 4.92. The lowest BCUT2D eigenvalue weighted by molar-refractivity contribution is -0.0740. The highest BCUT2D eigenvalue weighted by Gasteiger charge is 2.41. The Morgan fingerprint density at radius 2 is 1.89 bits per heavy atom. The highest BCUT2D eigenvalue weighted by Crippen LogP contribution is 2.42. The van der Waals surface area contributed by atoms with Gasteiger partial charge in [0, 0.05) is 13.1 Å². The maximum absolute atomic E-state index is 6.49. The van der Waals surface area contributed by atoms with E-state index in [0.29, 0.717) is 6.10 Å². The monoisotopic (exact) mass is 266 g/mol. The molecule has 0 amide bonds. The Hall–Kier alpha value is -0.120. The van der Waals surface area contributed by atoms with Crippen molar-refractivity contribution in [3.8, 4) is 0 Å². The molecule has 0 aromatic heterocycles. The molecule has 1 spiro atoms. The second-order valence-corrected chi connectivity index (χ2v) is 7.03. The van der Waals surface area contributed by atoms with Crippen molar-refractivity contribution in [2.45, 2.75) is 69.5 Å². The summed E-state index contributed by atoms with van der Waals surface area (Å²) in [5, 5.41) is 0. The predicted octanol–water partition coefficient (Wildman–Crippen LogP) is 2.54. The van der Waals surface area contributed by atoms with Crippen molar-refractivity contribution in [1.82, 2.24) is 4.90 Å². The Labute approximate surface area is 117 Å². The molecule has 3 rings (SSSR count). The van der Waals surface area contributed by atoms with E-state index >= 15 is 0 Å². The Balaban J connectivity index is 1.48. The summed E-state index contributed by atoms with van der Waals surface area (Å²) in [4.78, 5) is 2.60. The lowest BCUT2D eigenvalue weighted by Gasteiger charge is -2.36. The average molecular weight is 266 g/mol. The molecule has 0 aromatic rings. The molecule has 2 atom stereocenters. The van der Waals surface area contributed by atoms with Crippen molar-refractivity contribution in [2.24, 2.45) is 11.7 Å². The van der Waals surface area contributed by atoms with Crippen LogP contribution in [-0.4, -0.2) is 42.8 Å². The lowest BCUT2D eigenvalue weighted by Crippen LogP contribution is -2.43. The lowest BCUT2D eigenvalue weighted by atomic mass is 9.83. The van der Waals surface area contributed by atoms with Gasteiger partial charge in [-0.2, -0.15) is 0 Å². The fourth-order valence-electron chi connectivity index (χ4n) is 4.39. The molecular formula is C16H30N2O. The molecule has 2 saturated heterocycles. The Kier molecular flexibility index (Phi) is 4.45. The van der Waals surface area contributed by atoms with Crippen LogP contribution in [0, 0.1) is 5.92 Å². The quantitative estimate of drug-likeness (QED) is 0.853. The van der Waals surface area contributed by atoms with E-state index in [1.165, 1.54) is 70.9 Å². The van der Waals surface area contributed by atoms with E-state index in [1.807, 2.05) is 0 Å². The van der Waals surface area contributed by atoms with Crippen molar-refractivity contribution in [3.63, 3.8) is 0 Å². The van der Waals surface area contributed by atoms with E-state index in [2.05, 4.69) is 4.90 Å². The van der Waals surface area contributed by atoms with Gasteiger partial charge >= 0.3 is 0 Å². The first-order valence-corrected chi connectivity index (χ1v) is 8.40. The molecule has 3 heteroatoms. The van der Waals surface area contributed by atoms with Crippen LogP contribution in [0.3, 0.4) is 0 Å². The molecular weight excluding hydrogens is 236 g/mol. The molecule has 3 aliphatic rings. The zero-order valence-corrected chi connectivity index (χ0v) is 12.3. The zero-order valence-electron chi connectivity index (χ0n) is 12.3. The first-order valence-electron chi connectivity index (χ1n) is 8.40. The van der Waals surface area contributed by atoms with Crippen molar-refractivity contribution in [3.05, 3.63) is 0 Å². The van der Waals surface area contributed by atoms with E-state index in [4.69, 9.17) is 10.5 Å². The number of rotatable bonds is 3. The summed E-state index contributed by atoms with van der Waals surface area (Å²) in [6.07, 6.45) is 12.5. The summed E-state index contributed by atoms with van der Waals surface area (Å²) in [6, 6.07) is 0. The summed E-state index contributed by atoms with van der Waals surface area (Å²) < 4.78 is 6.49. The molecule has 2 heterocycles. The normalized spacial score (nSPS) is 35.8. The van der Waals surface area contributed by atoms with Gasteiger partial charge in [0.2, 0.25) is 0 Å². The molecule has 1 saturated carbocycles. The van der Waals surface area contributed by atoms with Crippen LogP contribution >= 0.6 is 0 Å². The van der Waals surface area contributed by atoms with Gasteiger partial charge in [0.15, 0.2) is 0 Å². The third-order valence-corrected chi connectivity index (χ3v) is 5.50. The fourth-order valence-corrected chi connectivity index (χ4v) is 4.39. The van der Waals surface area contributed by atoms with Gasteiger partial charge in [-0.1, -0.05) is 19.3 Å². The second kappa shape index (κ2) is 6.11. The van der Waals surface area contributed by atoms with Crippen LogP contribution in [0.4, 0.5) is 0 Å². The molecule has 110 valence electrons. The van der Waals surface area contributed by atoms with Gasteiger partial charge in [-0.3, -0.25) is 0 Å². The van der Waals surface area contributed by atoms with Gasteiger partial charge in [-0.05, 0) is 57.5 Å². The van der Waals surface area contributed by atoms with Crippen LogP contribution in [0.2, 0.25) is 0 Å². The zero-order chi connectivity index (χ0) is 13.1. The predicted molar refractivity (Wildman–Crippen MR) is 78.1 cm³/mol. The van der Waals surface area contributed by atoms with E-state index in [0.717, 1.165) is 19.0 Å². The SMILES string of the molecule is NCC1CCCN(CC2CCC3(CCCCC3)O2)C1. The van der Waals surface area contributed by atoms with Crippen molar-refractivity contribution in [1.29, 1.82) is 0 Å². The Morgan fingerprint density at radius 1 is 1.05 bits per heavy atom. The molecule has 19 heavy (non-hydrogen) atoms. The van der Waals surface area contributed by atoms with Crippen LogP contribution in [0.1, 0.15) is 57.8 Å². The summed E-state index contributed by atoms with van der Waals surface area (Å²) in [5.41, 5.74) is 6.11. The van der Waals surface area contributed by atoms with E-state index in [-0.39, 0.29) is 5.60 Å². The fraction of sp³-hybridized carbons (Fsp3) is 1.00. The number of nitrogens with two attached hydrogens (primary N) is 1. The summed E-state index contributed by atoms with van der Waals surface area (Å²) in [7, 11) is 0. The van der Waals surface area contributed by atoms with Gasteiger partial charge in [0.05, 0.1) is 11.7 Å². The standard InChI is InChI=1S/C16H30N2O/c17-11-14-5-4-10-18(12-14)13-15-6-9-16(19-15)7-2-1-3-8-16/h14-15H,1-13,17H2. The number of ether oxygens (including phenoxy) is 1. The molecule has 2 N–H and O–H groups in total. The summed E-state index contributed by atoms with van der Waals surface area (Å²) in [6.45, 7) is 4.46. The third kappa shape index (κ3) is 3.32. The van der Waals surface area contributed by atoms with E-state index < -0.39 is 0 Å². The first-order chi connectivity index (χ1) is 9.30. The minimum absolute atomic E-state index is 0.284. The van der Waals surface area contributed by atoms with Gasteiger partial charge in [-0.15, -0.1) is 0 Å². The number of nitrogens with zero attached hydrogens (tertiary/aromatic N) is 1. The molecule has 2 unspecified atom stereocenters. The molecule has 1 aliphatic carbocycles. The Morgan fingerprint density at radius 3 is 2.68 bits per heavy atom. The maximum Gasteiger partial charge on any atom is 0.0710 e. The average Bonchev–Trinajstić information content (AvgIpc) is 2.82. The Bertz CT molecular complexity index is 288. The molecule has 3 nitrogen and oxygen atoms in total. The largest absolute Gasteiger partial charge is 0.370 e. The van der Waals surface area contributed by atoms with Crippen molar-refractivity contribution in [2.75, 3.05) is 26.2 Å². The van der Waals surface area contributed by atoms with Crippen molar-refractivity contribution >= 4 is 0 Å². The first kappa shape index (κ1) is 13.8. The van der Waals surface area contributed by atoms with Crippen LogP contribution in [0.5, 0.6) is 0 Å². The molecule has 0 bridgehead atoms. The van der Waals surface area contributed by atoms with Crippen LogP contribution < -0.4 is 5.73 Å².